The number of rotatable bonds is 4. The fourth-order valence-electron chi connectivity index (χ4n) is 1.19. The molecule has 1 fully saturated rings. The van der Waals surface area contributed by atoms with Crippen LogP contribution in [0.5, 0.6) is 0 Å². The molecule has 0 saturated carbocycles. The summed E-state index contributed by atoms with van der Waals surface area (Å²) < 4.78 is 10.2. The highest BCUT2D eigenvalue weighted by Gasteiger charge is 2.21. The van der Waals surface area contributed by atoms with Crippen LogP contribution in [0.25, 0.3) is 0 Å². The maximum atomic E-state index is 11.3. The second-order valence-corrected chi connectivity index (χ2v) is 4.29. The number of hydrogen-bond acceptors (Lipinski definition) is 4. The average molecular weight is 216 g/mol. The zero-order chi connectivity index (χ0) is 11.3. The molecule has 1 amide bonds. The molecule has 0 aromatic carbocycles. The molecule has 0 aromatic rings. The molecular formula is C10H20N2O3. The lowest BCUT2D eigenvalue weighted by Gasteiger charge is -2.22. The number of carbonyl (C=O) groups excluding carboxylic acids is 1. The van der Waals surface area contributed by atoms with Crippen molar-refractivity contribution in [3.05, 3.63) is 0 Å². The molecule has 88 valence electrons. The van der Waals surface area contributed by atoms with Gasteiger partial charge in [-0.15, -0.1) is 0 Å². The minimum atomic E-state index is -0.441. The van der Waals surface area contributed by atoms with Gasteiger partial charge in [0.2, 0.25) is 0 Å². The van der Waals surface area contributed by atoms with Crippen LogP contribution in [-0.4, -0.2) is 37.5 Å². The normalized spacial score (nSPS) is 24.6. The van der Waals surface area contributed by atoms with E-state index in [0.29, 0.717) is 13.2 Å². The summed E-state index contributed by atoms with van der Waals surface area (Å²) in [6.45, 7) is 5.34. The van der Waals surface area contributed by atoms with Crippen molar-refractivity contribution in [2.45, 2.75) is 38.3 Å². The van der Waals surface area contributed by atoms with Crippen LogP contribution in [-0.2, 0) is 9.47 Å². The minimum Gasteiger partial charge on any atom is -0.448 e. The van der Waals surface area contributed by atoms with Crippen LogP contribution >= 0.6 is 0 Å². The molecule has 0 aliphatic carbocycles. The summed E-state index contributed by atoms with van der Waals surface area (Å²) in [4.78, 5) is 11.3. The first-order valence-electron chi connectivity index (χ1n) is 5.33. The van der Waals surface area contributed by atoms with Gasteiger partial charge in [0.25, 0.3) is 0 Å². The van der Waals surface area contributed by atoms with Gasteiger partial charge in [-0.3, -0.25) is 0 Å². The molecule has 3 N–H and O–H groups in total. The lowest BCUT2D eigenvalue weighted by molar-refractivity contribution is 0.114. The Balaban J connectivity index is 2.18. The fourth-order valence-corrected chi connectivity index (χ4v) is 1.19. The van der Waals surface area contributed by atoms with Crippen LogP contribution in [0.2, 0.25) is 0 Å². The molecule has 1 aliphatic heterocycles. The number of hydrogen-bond donors (Lipinski definition) is 2. The molecule has 0 bridgehead atoms. The standard InChI is InChI=1S/C10H20N2O3/c1-3-10(2,11)7-15-9(13)12-8-4-5-14-6-8/h8H,3-7,11H2,1-2H3,(H,12,13). The van der Waals surface area contributed by atoms with Crippen molar-refractivity contribution in [2.75, 3.05) is 19.8 Å². The van der Waals surface area contributed by atoms with E-state index in [2.05, 4.69) is 5.32 Å². The highest BCUT2D eigenvalue weighted by Crippen LogP contribution is 2.06. The number of nitrogens with one attached hydrogen (secondary N) is 1. The van der Waals surface area contributed by atoms with Gasteiger partial charge >= 0.3 is 6.09 Å². The molecular weight excluding hydrogens is 196 g/mol. The van der Waals surface area contributed by atoms with E-state index in [-0.39, 0.29) is 12.6 Å². The average Bonchev–Trinajstić information content (AvgIpc) is 2.68. The van der Waals surface area contributed by atoms with Crippen LogP contribution in [0.1, 0.15) is 26.7 Å². The minimum absolute atomic E-state index is 0.0863. The van der Waals surface area contributed by atoms with Crippen molar-refractivity contribution in [2.24, 2.45) is 5.73 Å². The molecule has 0 radical (unpaired) electrons. The molecule has 1 aliphatic rings. The third-order valence-electron chi connectivity index (χ3n) is 2.59. The Kier molecular flexibility index (Phi) is 4.35. The molecule has 5 heteroatoms. The van der Waals surface area contributed by atoms with E-state index in [4.69, 9.17) is 15.2 Å². The van der Waals surface area contributed by atoms with Gasteiger partial charge in [0.05, 0.1) is 12.6 Å². The summed E-state index contributed by atoms with van der Waals surface area (Å²) in [5, 5.41) is 2.73. The molecule has 1 rings (SSSR count). The Morgan fingerprint density at radius 1 is 1.73 bits per heavy atom. The van der Waals surface area contributed by atoms with Crippen molar-refractivity contribution >= 4 is 6.09 Å². The summed E-state index contributed by atoms with van der Waals surface area (Å²) in [6, 6.07) is 0.0863. The van der Waals surface area contributed by atoms with Gasteiger partial charge < -0.3 is 20.5 Å². The molecule has 2 unspecified atom stereocenters. The Labute approximate surface area is 90.3 Å². The second-order valence-electron chi connectivity index (χ2n) is 4.29. The van der Waals surface area contributed by atoms with Crippen molar-refractivity contribution in [1.82, 2.24) is 5.32 Å². The quantitative estimate of drug-likeness (QED) is 0.723. The van der Waals surface area contributed by atoms with E-state index < -0.39 is 11.6 Å². The van der Waals surface area contributed by atoms with Gasteiger partial charge in [0, 0.05) is 12.1 Å². The van der Waals surface area contributed by atoms with Gasteiger partial charge in [-0.05, 0) is 19.8 Å². The lowest BCUT2D eigenvalue weighted by atomic mass is 10.0. The van der Waals surface area contributed by atoms with Crippen molar-refractivity contribution in [1.29, 1.82) is 0 Å². The third kappa shape index (κ3) is 4.48. The van der Waals surface area contributed by atoms with Crippen LogP contribution in [0, 0.1) is 0 Å². The van der Waals surface area contributed by atoms with E-state index in [1.165, 1.54) is 0 Å². The predicted octanol–water partition coefficient (Wildman–Crippen LogP) is 0.629. The number of ether oxygens (including phenoxy) is 2. The van der Waals surface area contributed by atoms with E-state index in [9.17, 15) is 4.79 Å². The molecule has 0 aromatic heterocycles. The highest BCUT2D eigenvalue weighted by atomic mass is 16.6. The first-order chi connectivity index (χ1) is 7.03. The zero-order valence-electron chi connectivity index (χ0n) is 9.41. The number of carbonyl (C=O) groups is 1. The van der Waals surface area contributed by atoms with Crippen LogP contribution in [0.15, 0.2) is 0 Å². The van der Waals surface area contributed by atoms with Gasteiger partial charge in [-0.25, -0.2) is 4.79 Å². The van der Waals surface area contributed by atoms with Gasteiger partial charge in [-0.1, -0.05) is 6.92 Å². The molecule has 5 nitrogen and oxygen atoms in total. The Morgan fingerprint density at radius 2 is 2.47 bits per heavy atom. The van der Waals surface area contributed by atoms with Crippen LogP contribution in [0.4, 0.5) is 4.79 Å². The summed E-state index contributed by atoms with van der Waals surface area (Å²) in [5.41, 5.74) is 5.40. The van der Waals surface area contributed by atoms with Crippen molar-refractivity contribution in [3.63, 3.8) is 0 Å². The van der Waals surface area contributed by atoms with E-state index in [1.807, 2.05) is 13.8 Å². The maximum Gasteiger partial charge on any atom is 0.407 e. The first-order valence-corrected chi connectivity index (χ1v) is 5.33. The molecule has 0 spiro atoms. The van der Waals surface area contributed by atoms with Crippen molar-refractivity contribution in [3.8, 4) is 0 Å². The molecule has 2 atom stereocenters. The summed E-state index contributed by atoms with van der Waals surface area (Å²) in [5.74, 6) is 0. The van der Waals surface area contributed by atoms with Crippen molar-refractivity contribution < 1.29 is 14.3 Å². The van der Waals surface area contributed by atoms with E-state index >= 15 is 0 Å². The summed E-state index contributed by atoms with van der Waals surface area (Å²) >= 11 is 0. The summed E-state index contributed by atoms with van der Waals surface area (Å²) in [6.07, 6.45) is 1.21. The second kappa shape index (κ2) is 5.32. The Morgan fingerprint density at radius 3 is 3.00 bits per heavy atom. The SMILES string of the molecule is CCC(C)(N)COC(=O)NC1CCOC1. The predicted molar refractivity (Wildman–Crippen MR) is 56.6 cm³/mol. The smallest absolute Gasteiger partial charge is 0.407 e. The largest absolute Gasteiger partial charge is 0.448 e. The summed E-state index contributed by atoms with van der Waals surface area (Å²) in [7, 11) is 0. The number of nitrogens with two attached hydrogens (primary N) is 1. The monoisotopic (exact) mass is 216 g/mol. The highest BCUT2D eigenvalue weighted by molar-refractivity contribution is 5.67. The van der Waals surface area contributed by atoms with Gasteiger partial charge in [0.1, 0.15) is 6.61 Å². The molecule has 1 heterocycles. The van der Waals surface area contributed by atoms with E-state index in [0.717, 1.165) is 12.8 Å². The maximum absolute atomic E-state index is 11.3. The van der Waals surface area contributed by atoms with Gasteiger partial charge in [-0.2, -0.15) is 0 Å². The third-order valence-corrected chi connectivity index (χ3v) is 2.59. The number of alkyl carbamates (subject to hydrolysis) is 1. The van der Waals surface area contributed by atoms with E-state index in [1.54, 1.807) is 0 Å². The van der Waals surface area contributed by atoms with Gasteiger partial charge in [0.15, 0.2) is 0 Å². The first kappa shape index (κ1) is 12.3. The Hall–Kier alpha value is -0.810. The van der Waals surface area contributed by atoms with Crippen LogP contribution in [0.3, 0.4) is 0 Å². The van der Waals surface area contributed by atoms with Crippen LogP contribution < -0.4 is 11.1 Å². The molecule has 1 saturated heterocycles. The lowest BCUT2D eigenvalue weighted by Crippen LogP contribution is -2.44. The fraction of sp³-hybridized carbons (Fsp3) is 0.900. The Bertz CT molecular complexity index is 213. The number of amides is 1. The topological polar surface area (TPSA) is 73.6 Å². The molecule has 15 heavy (non-hydrogen) atoms. The zero-order valence-corrected chi connectivity index (χ0v) is 9.41.